The van der Waals surface area contributed by atoms with Crippen LogP contribution >= 0.6 is 48.0 Å². The van der Waals surface area contributed by atoms with Crippen molar-refractivity contribution in [2.45, 2.75) is 84.3 Å². The molecule has 0 aromatic heterocycles. The molecule has 2 aliphatic rings. The van der Waals surface area contributed by atoms with Gasteiger partial charge in [-0.15, -0.1) is 0 Å². The summed E-state index contributed by atoms with van der Waals surface area (Å²) in [7, 11) is 0. The lowest BCUT2D eigenvalue weighted by atomic mass is 10.1. The third-order valence-corrected chi connectivity index (χ3v) is 8.38. The van der Waals surface area contributed by atoms with Crippen LogP contribution in [0.2, 0.25) is 0 Å². The maximum Gasteiger partial charge on any atom is 0.319 e. The van der Waals surface area contributed by atoms with Gasteiger partial charge in [-0.1, -0.05) is 37.0 Å². The molecule has 10 nitrogen and oxygen atoms in total. The molecule has 14 heteroatoms. The van der Waals surface area contributed by atoms with Crippen molar-refractivity contribution in [3.63, 3.8) is 0 Å². The standard InChI is InChI=1S/C14H23NO4S2.C8H14O3S2.C6H9NO/c1-4-18-13(17)10(3)9-12(21-14(20)19-5-2)15-8-6-7-11(15)16;1-4-10-7(9)6(3)13-8(12)11-5-2;1-2-7-5-3-4-6(7)8/h10,12H,4-9H2,1-3H3;6H,4-5H2,1-3H3;2H,1,3-5H2. The molecule has 2 fully saturated rings. The fraction of sp³-hybridized carbons (Fsp3) is 0.714. The summed E-state index contributed by atoms with van der Waals surface area (Å²) in [6.45, 7) is 17.7. The second kappa shape index (κ2) is 23.5. The first kappa shape index (κ1) is 40.1. The number of ether oxygens (including phenoxy) is 4. The average Bonchev–Trinajstić information content (AvgIpc) is 3.56. The number of thioether (sulfide) groups is 2. The van der Waals surface area contributed by atoms with Gasteiger partial charge in [0.2, 0.25) is 20.6 Å². The molecular formula is C28H46N2O8S4. The van der Waals surface area contributed by atoms with E-state index in [9.17, 15) is 19.2 Å². The second-order valence-electron chi connectivity index (χ2n) is 8.90. The van der Waals surface area contributed by atoms with Gasteiger partial charge in [0.1, 0.15) is 5.25 Å². The zero-order valence-corrected chi connectivity index (χ0v) is 28.9. The normalized spacial score (nSPS) is 16.1. The molecule has 2 aliphatic heterocycles. The highest BCUT2D eigenvalue weighted by molar-refractivity contribution is 8.23. The van der Waals surface area contributed by atoms with Gasteiger partial charge in [0.25, 0.3) is 0 Å². The number of carbonyl (C=O) groups excluding carboxylic acids is 4. The van der Waals surface area contributed by atoms with Crippen molar-refractivity contribution in [3.8, 4) is 0 Å². The minimum absolute atomic E-state index is 0.114. The number of thiocarbonyl (C=S) groups is 2. The van der Waals surface area contributed by atoms with Crippen LogP contribution in [0.25, 0.3) is 0 Å². The Morgan fingerprint density at radius 2 is 1.33 bits per heavy atom. The van der Waals surface area contributed by atoms with Gasteiger partial charge in [-0.25, -0.2) is 0 Å². The highest BCUT2D eigenvalue weighted by Crippen LogP contribution is 2.29. The first-order chi connectivity index (χ1) is 19.9. The van der Waals surface area contributed by atoms with E-state index in [0.717, 1.165) is 19.4 Å². The van der Waals surface area contributed by atoms with Crippen LogP contribution in [-0.2, 0) is 38.1 Å². The van der Waals surface area contributed by atoms with Crippen molar-refractivity contribution in [3.05, 3.63) is 12.8 Å². The summed E-state index contributed by atoms with van der Waals surface area (Å²) >= 11 is 12.6. The van der Waals surface area contributed by atoms with E-state index in [1.807, 2.05) is 20.8 Å². The Hall–Kier alpha value is -1.90. The molecule has 2 amide bonds. The molecule has 0 spiro atoms. The molecule has 0 saturated carbocycles. The van der Waals surface area contributed by atoms with Gasteiger partial charge in [-0.05, 0) is 84.5 Å². The quantitative estimate of drug-likeness (QED) is 0.198. The Morgan fingerprint density at radius 1 is 0.833 bits per heavy atom. The first-order valence-corrected chi connectivity index (χ1v) is 16.7. The fourth-order valence-corrected chi connectivity index (χ4v) is 6.41. The maximum atomic E-state index is 11.9. The minimum Gasteiger partial charge on any atom is -0.479 e. The highest BCUT2D eigenvalue weighted by Gasteiger charge is 2.32. The van der Waals surface area contributed by atoms with Crippen LogP contribution in [0.4, 0.5) is 0 Å². The average molecular weight is 667 g/mol. The molecule has 0 radical (unpaired) electrons. The van der Waals surface area contributed by atoms with E-state index >= 15 is 0 Å². The monoisotopic (exact) mass is 666 g/mol. The van der Waals surface area contributed by atoms with Crippen LogP contribution in [-0.4, -0.2) is 92.5 Å². The number of esters is 2. The summed E-state index contributed by atoms with van der Waals surface area (Å²) in [5.41, 5.74) is 0. The number of carbonyl (C=O) groups is 4. The Morgan fingerprint density at radius 3 is 1.76 bits per heavy atom. The SMILES string of the molecule is C=CN1CCCC1=O.CCOC(=O)C(C)CC(SC(=S)OCC)N1CCCC1=O.CCOC(=O)C(C)SC(=S)OCC. The molecule has 2 saturated heterocycles. The van der Waals surface area contributed by atoms with E-state index in [-0.39, 0.29) is 40.3 Å². The lowest BCUT2D eigenvalue weighted by Gasteiger charge is -2.28. The smallest absolute Gasteiger partial charge is 0.319 e. The van der Waals surface area contributed by atoms with E-state index in [1.54, 1.807) is 36.8 Å². The van der Waals surface area contributed by atoms with Gasteiger partial charge in [0.15, 0.2) is 0 Å². The number of rotatable bonds is 12. The van der Waals surface area contributed by atoms with Crippen LogP contribution < -0.4 is 0 Å². The van der Waals surface area contributed by atoms with Gasteiger partial charge in [-0.3, -0.25) is 19.2 Å². The van der Waals surface area contributed by atoms with Crippen LogP contribution in [0.1, 0.15) is 73.6 Å². The van der Waals surface area contributed by atoms with Gasteiger partial charge < -0.3 is 28.7 Å². The van der Waals surface area contributed by atoms with Crippen molar-refractivity contribution >= 4 is 80.5 Å². The molecule has 240 valence electrons. The molecular weight excluding hydrogens is 621 g/mol. The number of hydrogen-bond donors (Lipinski definition) is 0. The summed E-state index contributed by atoms with van der Waals surface area (Å²) in [5, 5.41) is -0.461. The molecule has 2 rings (SSSR count). The van der Waals surface area contributed by atoms with Gasteiger partial charge >= 0.3 is 11.9 Å². The van der Waals surface area contributed by atoms with E-state index < -0.39 is 0 Å². The largest absolute Gasteiger partial charge is 0.479 e. The number of likely N-dealkylation sites (tertiary alicyclic amines) is 2. The van der Waals surface area contributed by atoms with Crippen LogP contribution in [0, 0.1) is 5.92 Å². The van der Waals surface area contributed by atoms with Gasteiger partial charge in [0, 0.05) is 25.9 Å². The molecule has 0 aromatic carbocycles. The molecule has 0 bridgehead atoms. The summed E-state index contributed by atoms with van der Waals surface area (Å²) in [6.07, 6.45) is 5.21. The van der Waals surface area contributed by atoms with E-state index in [0.29, 0.717) is 61.0 Å². The molecule has 0 aromatic rings. The van der Waals surface area contributed by atoms with Crippen molar-refractivity contribution in [1.82, 2.24) is 9.80 Å². The third-order valence-electron chi connectivity index (χ3n) is 5.68. The Kier molecular flexibility index (Phi) is 22.5. The summed E-state index contributed by atoms with van der Waals surface area (Å²) in [6, 6.07) is 0. The van der Waals surface area contributed by atoms with E-state index in [2.05, 4.69) is 6.58 Å². The summed E-state index contributed by atoms with van der Waals surface area (Å²) < 4.78 is 21.0. The Labute approximate surface area is 269 Å². The number of hydrogen-bond acceptors (Lipinski definition) is 12. The lowest BCUT2D eigenvalue weighted by molar-refractivity contribution is -0.148. The Balaban J connectivity index is 0.000000676. The Bertz CT molecular complexity index is 905. The van der Waals surface area contributed by atoms with E-state index in [4.69, 9.17) is 43.4 Å². The van der Waals surface area contributed by atoms with Crippen LogP contribution in [0.3, 0.4) is 0 Å². The molecule has 0 aliphatic carbocycles. The zero-order chi connectivity index (χ0) is 32.1. The predicted molar refractivity (Wildman–Crippen MR) is 176 cm³/mol. The van der Waals surface area contributed by atoms with Crippen molar-refractivity contribution in [2.75, 3.05) is 39.5 Å². The molecule has 0 N–H and O–H groups in total. The highest BCUT2D eigenvalue weighted by atomic mass is 32.2. The van der Waals surface area contributed by atoms with Crippen molar-refractivity contribution in [1.29, 1.82) is 0 Å². The van der Waals surface area contributed by atoms with Crippen molar-refractivity contribution in [2.24, 2.45) is 5.92 Å². The molecule has 42 heavy (non-hydrogen) atoms. The van der Waals surface area contributed by atoms with Crippen LogP contribution in [0.15, 0.2) is 12.8 Å². The maximum absolute atomic E-state index is 11.9. The summed E-state index contributed by atoms with van der Waals surface area (Å²) in [5.74, 6) is -0.449. The minimum atomic E-state index is -0.293. The zero-order valence-electron chi connectivity index (χ0n) is 25.6. The number of nitrogens with zero attached hydrogens (tertiary/aromatic N) is 2. The molecule has 2 heterocycles. The summed E-state index contributed by atoms with van der Waals surface area (Å²) in [4.78, 5) is 49.0. The lowest BCUT2D eigenvalue weighted by Crippen LogP contribution is -2.37. The van der Waals surface area contributed by atoms with E-state index in [1.165, 1.54) is 23.5 Å². The number of amides is 2. The first-order valence-electron chi connectivity index (χ1n) is 14.2. The van der Waals surface area contributed by atoms with Gasteiger partial charge in [-0.2, -0.15) is 0 Å². The van der Waals surface area contributed by atoms with Crippen LogP contribution in [0.5, 0.6) is 0 Å². The topological polar surface area (TPSA) is 112 Å². The fourth-order valence-electron chi connectivity index (χ4n) is 3.62. The predicted octanol–water partition coefficient (Wildman–Crippen LogP) is 5.32. The molecule has 3 atom stereocenters. The third kappa shape index (κ3) is 16.7. The second-order valence-corrected chi connectivity index (χ2v) is 12.6. The van der Waals surface area contributed by atoms with Crippen molar-refractivity contribution < 1.29 is 38.1 Å². The molecule has 3 unspecified atom stereocenters. The van der Waals surface area contributed by atoms with Gasteiger partial charge in [0.05, 0.1) is 37.7 Å².